The fourth-order valence-corrected chi connectivity index (χ4v) is 3.75. The molecule has 0 aromatic heterocycles. The lowest BCUT2D eigenvalue weighted by molar-refractivity contribution is -0.120. The van der Waals surface area contributed by atoms with Crippen LogP contribution in [0, 0.1) is 27.7 Å². The molecule has 0 saturated heterocycles. The molecule has 1 heterocycles. The van der Waals surface area contributed by atoms with Crippen molar-refractivity contribution < 1.29 is 9.59 Å². The van der Waals surface area contributed by atoms with Gasteiger partial charge in [-0.25, -0.2) is 4.90 Å². The highest BCUT2D eigenvalue weighted by atomic mass is 16.2. The van der Waals surface area contributed by atoms with Gasteiger partial charge in [0.15, 0.2) is 0 Å². The minimum Gasteiger partial charge on any atom is -0.350 e. The van der Waals surface area contributed by atoms with Crippen LogP contribution >= 0.6 is 0 Å². The molecule has 1 N–H and O–H groups in total. The zero-order chi connectivity index (χ0) is 21.4. The Morgan fingerprint density at radius 2 is 1.17 bits per heavy atom. The van der Waals surface area contributed by atoms with Crippen molar-refractivity contribution in [2.75, 3.05) is 10.2 Å². The number of benzene rings is 3. The lowest BCUT2D eigenvalue weighted by Gasteiger charge is -2.16. The van der Waals surface area contributed by atoms with E-state index in [1.54, 1.807) is 12.1 Å². The summed E-state index contributed by atoms with van der Waals surface area (Å²) in [6, 6.07) is 21.1. The summed E-state index contributed by atoms with van der Waals surface area (Å²) in [5.74, 6) is -0.668. The molecule has 0 saturated carbocycles. The van der Waals surface area contributed by atoms with Crippen LogP contribution in [0.25, 0.3) is 5.57 Å². The molecule has 4 heteroatoms. The van der Waals surface area contributed by atoms with Gasteiger partial charge in [0.2, 0.25) is 0 Å². The first-order valence-corrected chi connectivity index (χ1v) is 9.95. The number of anilines is 2. The molecule has 0 radical (unpaired) electrons. The molecule has 0 spiro atoms. The third kappa shape index (κ3) is 3.64. The highest BCUT2D eigenvalue weighted by Gasteiger charge is 2.40. The number of carbonyl (C=O) groups is 2. The molecule has 3 aromatic rings. The summed E-state index contributed by atoms with van der Waals surface area (Å²) in [4.78, 5) is 28.1. The van der Waals surface area contributed by atoms with Gasteiger partial charge in [-0.05, 0) is 68.7 Å². The lowest BCUT2D eigenvalue weighted by Crippen LogP contribution is -2.32. The van der Waals surface area contributed by atoms with Crippen molar-refractivity contribution in [3.63, 3.8) is 0 Å². The van der Waals surface area contributed by atoms with Crippen LogP contribution in [0.1, 0.15) is 27.8 Å². The fourth-order valence-electron chi connectivity index (χ4n) is 3.75. The summed E-state index contributed by atoms with van der Waals surface area (Å²) in [6.07, 6.45) is 0. The largest absolute Gasteiger partial charge is 0.350 e. The highest BCUT2D eigenvalue weighted by Crippen LogP contribution is 2.34. The summed E-state index contributed by atoms with van der Waals surface area (Å²) in [5, 5.41) is 3.24. The predicted molar refractivity (Wildman–Crippen MR) is 121 cm³/mol. The summed E-state index contributed by atoms with van der Waals surface area (Å²) in [6.45, 7) is 7.98. The number of hydrogen-bond donors (Lipinski definition) is 1. The lowest BCUT2D eigenvalue weighted by atomic mass is 10.0. The molecule has 1 aliphatic heterocycles. The highest BCUT2D eigenvalue weighted by molar-refractivity contribution is 6.46. The Kier molecular flexibility index (Phi) is 5.00. The summed E-state index contributed by atoms with van der Waals surface area (Å²) in [5.41, 5.74) is 7.10. The minimum atomic E-state index is -0.349. The molecular formula is C26H24N2O2. The Hall–Kier alpha value is -3.66. The van der Waals surface area contributed by atoms with Crippen LogP contribution in [-0.4, -0.2) is 11.8 Å². The molecule has 0 bridgehead atoms. The van der Waals surface area contributed by atoms with Crippen LogP contribution in [-0.2, 0) is 9.59 Å². The third-order valence-corrected chi connectivity index (χ3v) is 5.21. The first-order valence-electron chi connectivity index (χ1n) is 9.95. The van der Waals surface area contributed by atoms with E-state index >= 15 is 0 Å². The van der Waals surface area contributed by atoms with Gasteiger partial charge in [-0.2, -0.15) is 0 Å². The SMILES string of the molecule is Cc1ccc(C2=C(Nc3cc(C)cc(C)c3)C(=O)N(c3ccc(C)cc3)C2=O)cc1. The third-order valence-electron chi connectivity index (χ3n) is 5.21. The van der Waals surface area contributed by atoms with Gasteiger partial charge in [-0.3, -0.25) is 9.59 Å². The number of rotatable bonds is 4. The number of aryl methyl sites for hydroxylation is 4. The topological polar surface area (TPSA) is 49.4 Å². The smallest absolute Gasteiger partial charge is 0.282 e. The van der Waals surface area contributed by atoms with E-state index in [1.165, 1.54) is 4.90 Å². The van der Waals surface area contributed by atoms with Crippen LogP contribution in [0.2, 0.25) is 0 Å². The molecule has 30 heavy (non-hydrogen) atoms. The first kappa shape index (κ1) is 19.6. The molecule has 0 atom stereocenters. The second-order valence-electron chi connectivity index (χ2n) is 7.90. The quantitative estimate of drug-likeness (QED) is 0.608. The average Bonchev–Trinajstić information content (AvgIpc) is 2.93. The summed E-state index contributed by atoms with van der Waals surface area (Å²) < 4.78 is 0. The maximum absolute atomic E-state index is 13.4. The van der Waals surface area contributed by atoms with Crippen molar-refractivity contribution in [3.05, 3.63) is 100 Å². The van der Waals surface area contributed by atoms with Crippen molar-refractivity contribution in [1.29, 1.82) is 0 Å². The second-order valence-corrected chi connectivity index (χ2v) is 7.90. The zero-order valence-corrected chi connectivity index (χ0v) is 17.6. The molecule has 4 rings (SSSR count). The molecule has 2 amide bonds. The zero-order valence-electron chi connectivity index (χ0n) is 17.6. The van der Waals surface area contributed by atoms with Crippen molar-refractivity contribution in [3.8, 4) is 0 Å². The van der Waals surface area contributed by atoms with Crippen molar-refractivity contribution in [2.45, 2.75) is 27.7 Å². The number of hydrogen-bond acceptors (Lipinski definition) is 3. The minimum absolute atomic E-state index is 0.300. The monoisotopic (exact) mass is 396 g/mol. The van der Waals surface area contributed by atoms with E-state index in [9.17, 15) is 9.59 Å². The first-order chi connectivity index (χ1) is 14.3. The van der Waals surface area contributed by atoms with Crippen molar-refractivity contribution >= 4 is 28.8 Å². The van der Waals surface area contributed by atoms with E-state index in [4.69, 9.17) is 0 Å². The number of nitrogens with zero attached hydrogens (tertiary/aromatic N) is 1. The molecule has 0 unspecified atom stereocenters. The Bertz CT molecular complexity index is 1150. The van der Waals surface area contributed by atoms with Gasteiger partial charge in [0, 0.05) is 5.69 Å². The fraction of sp³-hybridized carbons (Fsp3) is 0.154. The van der Waals surface area contributed by atoms with Crippen LogP contribution in [0.4, 0.5) is 11.4 Å². The van der Waals surface area contributed by atoms with Gasteiger partial charge in [0.25, 0.3) is 11.8 Å². The Morgan fingerprint density at radius 3 is 1.73 bits per heavy atom. The molecule has 3 aromatic carbocycles. The number of imide groups is 1. The van der Waals surface area contributed by atoms with Crippen molar-refractivity contribution in [1.82, 2.24) is 0 Å². The standard InChI is InChI=1S/C26H24N2O2/c1-16-5-9-20(10-6-16)23-24(27-21-14-18(3)13-19(4)15-21)26(30)28(25(23)29)22-11-7-17(2)8-12-22/h5-15,27H,1-4H3. The molecule has 1 aliphatic rings. The van der Waals surface area contributed by atoms with E-state index in [2.05, 4.69) is 11.4 Å². The molecule has 0 fully saturated rings. The number of carbonyl (C=O) groups excluding carboxylic acids is 2. The van der Waals surface area contributed by atoms with E-state index < -0.39 is 0 Å². The Morgan fingerprint density at radius 1 is 0.633 bits per heavy atom. The van der Waals surface area contributed by atoms with Gasteiger partial charge in [-0.15, -0.1) is 0 Å². The molecule has 4 nitrogen and oxygen atoms in total. The molecule has 0 aliphatic carbocycles. The van der Waals surface area contributed by atoms with Crippen LogP contribution < -0.4 is 10.2 Å². The summed E-state index contributed by atoms with van der Waals surface area (Å²) >= 11 is 0. The van der Waals surface area contributed by atoms with Crippen LogP contribution in [0.5, 0.6) is 0 Å². The van der Waals surface area contributed by atoms with E-state index in [0.717, 1.165) is 33.5 Å². The van der Waals surface area contributed by atoms with E-state index in [0.29, 0.717) is 17.0 Å². The molecule has 150 valence electrons. The number of amides is 2. The van der Waals surface area contributed by atoms with Crippen LogP contribution in [0.3, 0.4) is 0 Å². The maximum atomic E-state index is 13.4. The van der Waals surface area contributed by atoms with Crippen molar-refractivity contribution in [2.24, 2.45) is 0 Å². The van der Waals surface area contributed by atoms with Gasteiger partial charge < -0.3 is 5.32 Å². The maximum Gasteiger partial charge on any atom is 0.282 e. The second kappa shape index (κ2) is 7.64. The Balaban J connectivity index is 1.83. The number of nitrogens with one attached hydrogen (secondary N) is 1. The normalized spacial score (nSPS) is 13.9. The van der Waals surface area contributed by atoms with Gasteiger partial charge in [0.05, 0.1) is 11.3 Å². The Labute approximate surface area is 176 Å². The summed E-state index contributed by atoms with van der Waals surface area (Å²) in [7, 11) is 0. The average molecular weight is 396 g/mol. The predicted octanol–water partition coefficient (Wildman–Crippen LogP) is 5.32. The van der Waals surface area contributed by atoms with Gasteiger partial charge >= 0.3 is 0 Å². The van der Waals surface area contributed by atoms with Gasteiger partial charge in [-0.1, -0.05) is 53.6 Å². The van der Waals surface area contributed by atoms with Crippen LogP contribution in [0.15, 0.2) is 72.4 Å². The molecular weight excluding hydrogens is 372 g/mol. The van der Waals surface area contributed by atoms with Gasteiger partial charge in [0.1, 0.15) is 5.70 Å². The van der Waals surface area contributed by atoms with E-state index in [-0.39, 0.29) is 11.8 Å². The van der Waals surface area contributed by atoms with E-state index in [1.807, 2.05) is 76.2 Å².